The summed E-state index contributed by atoms with van der Waals surface area (Å²) in [5.41, 5.74) is 0.545. The fourth-order valence-electron chi connectivity index (χ4n) is 1.73. The second-order valence-corrected chi connectivity index (χ2v) is 5.62. The predicted molar refractivity (Wildman–Crippen MR) is 72.2 cm³/mol. The number of amides is 1. The number of allylic oxidation sites excluding steroid dienone is 3. The molecule has 1 aromatic carbocycles. The van der Waals surface area contributed by atoms with Gasteiger partial charge in [-0.05, 0) is 24.3 Å². The number of rotatable bonds is 2. The molecule has 1 aliphatic carbocycles. The van der Waals surface area contributed by atoms with Crippen LogP contribution >= 0.6 is 0 Å². The summed E-state index contributed by atoms with van der Waals surface area (Å²) < 4.78 is 32.6. The zero-order valence-corrected chi connectivity index (χ0v) is 10.9. The summed E-state index contributed by atoms with van der Waals surface area (Å²) in [7, 11) is -3.79. The first-order chi connectivity index (χ1) is 9.54. The van der Waals surface area contributed by atoms with Crippen LogP contribution in [0, 0.1) is 0 Å². The highest BCUT2D eigenvalue weighted by Crippen LogP contribution is 2.19. The predicted octanol–water partition coefficient (Wildman–Crippen LogP) is 1.86. The van der Waals surface area contributed by atoms with Gasteiger partial charge in [0.2, 0.25) is 0 Å². The van der Waals surface area contributed by atoms with Gasteiger partial charge in [-0.2, -0.15) is 17.8 Å². The summed E-state index contributed by atoms with van der Waals surface area (Å²) in [6.07, 6.45) is 3.59. The molecule has 1 aliphatic heterocycles. The Hall–Kier alpha value is -2.54. The van der Waals surface area contributed by atoms with Gasteiger partial charge in [0.1, 0.15) is 5.71 Å². The van der Waals surface area contributed by atoms with E-state index in [9.17, 15) is 13.2 Å². The average Bonchev–Trinajstić information content (AvgIpc) is 2.79. The van der Waals surface area contributed by atoms with Gasteiger partial charge >= 0.3 is 6.09 Å². The molecule has 0 spiro atoms. The minimum atomic E-state index is -3.79. The van der Waals surface area contributed by atoms with Crippen molar-refractivity contribution in [3.05, 3.63) is 54.3 Å². The Labute approximate surface area is 114 Å². The largest absolute Gasteiger partial charge is 0.439 e. The summed E-state index contributed by atoms with van der Waals surface area (Å²) in [5.74, 6) is 0.208. The van der Waals surface area contributed by atoms with Gasteiger partial charge < -0.3 is 4.74 Å². The molecule has 100 valence electrons. The molecule has 0 fully saturated rings. The van der Waals surface area contributed by atoms with E-state index in [-0.39, 0.29) is 16.4 Å². The molecule has 0 atom stereocenters. The van der Waals surface area contributed by atoms with E-state index in [2.05, 4.69) is 9.39 Å². The smallest absolute Gasteiger partial charge is 0.406 e. The molecule has 0 saturated heterocycles. The summed E-state index contributed by atoms with van der Waals surface area (Å²) in [6, 6.07) is 7.87. The van der Waals surface area contributed by atoms with Gasteiger partial charge in [-0.3, -0.25) is 0 Å². The first kappa shape index (κ1) is 12.5. The number of aliphatic imine (C=N–C) groups is 1. The Morgan fingerprint density at radius 2 is 1.85 bits per heavy atom. The maximum atomic E-state index is 12.1. The van der Waals surface area contributed by atoms with Gasteiger partial charge in [0.25, 0.3) is 10.0 Å². The molecule has 0 saturated carbocycles. The maximum Gasteiger partial charge on any atom is 0.439 e. The highest BCUT2D eigenvalue weighted by molar-refractivity contribution is 7.90. The molecule has 7 heteroatoms. The summed E-state index contributed by atoms with van der Waals surface area (Å²) in [5, 5.41) is 0. The minimum Gasteiger partial charge on any atom is -0.406 e. The van der Waals surface area contributed by atoms with Gasteiger partial charge in [-0.1, -0.05) is 18.2 Å². The number of carbonyl (C=O) groups excluding carboxylic acids is 1. The van der Waals surface area contributed by atoms with Crippen LogP contribution in [0.5, 0.6) is 0 Å². The zero-order chi connectivity index (χ0) is 14.2. The van der Waals surface area contributed by atoms with Crippen molar-refractivity contribution in [1.29, 1.82) is 0 Å². The molecule has 0 radical (unpaired) electrons. The first-order valence-corrected chi connectivity index (χ1v) is 7.09. The lowest BCUT2D eigenvalue weighted by atomic mass is 10.1. The van der Waals surface area contributed by atoms with Crippen molar-refractivity contribution < 1.29 is 17.9 Å². The molecule has 20 heavy (non-hydrogen) atoms. The number of sulfonamides is 1. The van der Waals surface area contributed by atoms with E-state index in [1.807, 2.05) is 0 Å². The SMILES string of the molecule is O=C1N=C2C=C/C(=N/S(=O)(=O)c3ccccc3)C=C2O1. The Morgan fingerprint density at radius 1 is 1.10 bits per heavy atom. The fraction of sp³-hybridized carbons (Fsp3) is 0. The third-order valence-electron chi connectivity index (χ3n) is 2.62. The maximum absolute atomic E-state index is 12.1. The van der Waals surface area contributed by atoms with Gasteiger partial charge in [-0.15, -0.1) is 0 Å². The van der Waals surface area contributed by atoms with Crippen molar-refractivity contribution in [1.82, 2.24) is 0 Å². The van der Waals surface area contributed by atoms with E-state index in [1.165, 1.54) is 30.4 Å². The van der Waals surface area contributed by atoms with E-state index in [1.54, 1.807) is 18.2 Å². The van der Waals surface area contributed by atoms with Crippen molar-refractivity contribution in [3.63, 3.8) is 0 Å². The molecule has 3 rings (SSSR count). The summed E-state index contributed by atoms with van der Waals surface area (Å²) in [6.45, 7) is 0. The molecule has 0 unspecified atom stereocenters. The third kappa shape index (κ3) is 2.30. The third-order valence-corrected chi connectivity index (χ3v) is 3.94. The molecular formula is C13H8N2O4S. The molecule has 1 aromatic rings. The summed E-state index contributed by atoms with van der Waals surface area (Å²) in [4.78, 5) is 14.7. The fourth-order valence-corrected chi connectivity index (χ4v) is 2.73. The van der Waals surface area contributed by atoms with E-state index in [4.69, 9.17) is 4.74 Å². The van der Waals surface area contributed by atoms with Crippen molar-refractivity contribution in [2.45, 2.75) is 4.90 Å². The lowest BCUT2D eigenvalue weighted by molar-refractivity contribution is 0.197. The van der Waals surface area contributed by atoms with Crippen LogP contribution in [0.15, 0.2) is 68.6 Å². The number of hydrogen-bond acceptors (Lipinski definition) is 4. The number of hydrogen-bond donors (Lipinski definition) is 0. The second kappa shape index (κ2) is 4.53. The molecule has 1 heterocycles. The molecule has 0 N–H and O–H groups in total. The van der Waals surface area contributed by atoms with Crippen molar-refractivity contribution >= 4 is 27.5 Å². The molecule has 1 amide bonds. The first-order valence-electron chi connectivity index (χ1n) is 5.65. The van der Waals surface area contributed by atoms with Gasteiger partial charge in [0.05, 0.1) is 10.6 Å². The molecule has 2 aliphatic rings. The molecule has 0 aromatic heterocycles. The minimum absolute atomic E-state index is 0.0992. The number of carbonyl (C=O) groups is 1. The Kier molecular flexibility index (Phi) is 2.83. The van der Waals surface area contributed by atoms with E-state index < -0.39 is 16.1 Å². The van der Waals surface area contributed by atoms with Crippen LogP contribution in [0.3, 0.4) is 0 Å². The monoisotopic (exact) mass is 288 g/mol. The molecular weight excluding hydrogens is 280 g/mol. The number of fused-ring (bicyclic) bond motifs is 1. The van der Waals surface area contributed by atoms with Crippen LogP contribution in [-0.2, 0) is 14.8 Å². The lowest BCUT2D eigenvalue weighted by Crippen LogP contribution is -2.08. The highest BCUT2D eigenvalue weighted by Gasteiger charge is 2.24. The van der Waals surface area contributed by atoms with Crippen LogP contribution in [0.2, 0.25) is 0 Å². The number of nitrogens with zero attached hydrogens (tertiary/aromatic N) is 2. The topological polar surface area (TPSA) is 85.2 Å². The van der Waals surface area contributed by atoms with E-state index in [0.29, 0.717) is 5.71 Å². The van der Waals surface area contributed by atoms with Gasteiger partial charge in [-0.25, -0.2) is 4.79 Å². The average molecular weight is 288 g/mol. The van der Waals surface area contributed by atoms with Gasteiger partial charge in [0, 0.05) is 6.08 Å². The van der Waals surface area contributed by atoms with Gasteiger partial charge in [0.15, 0.2) is 5.76 Å². The lowest BCUT2D eigenvalue weighted by Gasteiger charge is -2.04. The van der Waals surface area contributed by atoms with Crippen LogP contribution in [0.25, 0.3) is 0 Å². The number of benzene rings is 1. The van der Waals surface area contributed by atoms with Crippen LogP contribution in [-0.4, -0.2) is 25.9 Å². The highest BCUT2D eigenvalue weighted by atomic mass is 32.2. The Bertz CT molecular complexity index is 802. The van der Waals surface area contributed by atoms with E-state index >= 15 is 0 Å². The normalized spacial score (nSPS) is 19.4. The molecule has 0 bridgehead atoms. The van der Waals surface area contributed by atoms with Crippen LogP contribution in [0.1, 0.15) is 0 Å². The van der Waals surface area contributed by atoms with Crippen molar-refractivity contribution in [2.75, 3.05) is 0 Å². The zero-order valence-electron chi connectivity index (χ0n) is 10.1. The second-order valence-electron chi connectivity index (χ2n) is 4.01. The standard InChI is InChI=1S/C13H8N2O4S/c16-13-14-11-7-6-9(8-12(11)19-13)15-20(17,18)10-4-2-1-3-5-10/h1-8H/b15-9-. The van der Waals surface area contributed by atoms with Crippen molar-refractivity contribution in [3.8, 4) is 0 Å². The quantitative estimate of drug-likeness (QED) is 0.777. The Morgan fingerprint density at radius 3 is 2.60 bits per heavy atom. The van der Waals surface area contributed by atoms with Crippen LogP contribution in [0.4, 0.5) is 4.79 Å². The number of ether oxygens (including phenoxy) is 1. The summed E-state index contributed by atoms with van der Waals surface area (Å²) >= 11 is 0. The molecule has 6 nitrogen and oxygen atoms in total. The van der Waals surface area contributed by atoms with Crippen LogP contribution < -0.4 is 0 Å². The van der Waals surface area contributed by atoms with Crippen molar-refractivity contribution in [2.24, 2.45) is 9.39 Å². The van der Waals surface area contributed by atoms with E-state index in [0.717, 1.165) is 0 Å². The Balaban J connectivity index is 1.97.